The second kappa shape index (κ2) is 5.95. The Morgan fingerprint density at radius 3 is 2.90 bits per heavy atom. The van der Waals surface area contributed by atoms with Gasteiger partial charge in [0.15, 0.2) is 0 Å². The van der Waals surface area contributed by atoms with E-state index in [0.717, 1.165) is 22.2 Å². The first kappa shape index (κ1) is 14.2. The number of aromatic nitrogens is 2. The Balaban J connectivity index is 1.90. The molecule has 0 saturated carbocycles. The van der Waals surface area contributed by atoms with E-state index in [1.54, 1.807) is 17.4 Å². The number of anilines is 1. The zero-order valence-corrected chi connectivity index (χ0v) is 12.9. The Hall–Kier alpha value is -1.72. The van der Waals surface area contributed by atoms with Crippen molar-refractivity contribution < 1.29 is 4.39 Å². The third kappa shape index (κ3) is 3.14. The highest BCUT2D eigenvalue weighted by Gasteiger charge is 2.10. The SMILES string of the molecule is CCc1cc2c(NCc3cccc(F)c3)nc(Cl)nc2s1. The molecular weight excluding hydrogens is 309 g/mol. The molecule has 108 valence electrons. The summed E-state index contributed by atoms with van der Waals surface area (Å²) in [5.41, 5.74) is 0.851. The van der Waals surface area contributed by atoms with Gasteiger partial charge in [-0.2, -0.15) is 0 Å². The van der Waals surface area contributed by atoms with Crippen molar-refractivity contribution in [1.29, 1.82) is 0 Å². The van der Waals surface area contributed by atoms with Gasteiger partial charge in [-0.1, -0.05) is 19.1 Å². The molecule has 1 N–H and O–H groups in total. The summed E-state index contributed by atoms with van der Waals surface area (Å²) in [5, 5.41) is 4.39. The van der Waals surface area contributed by atoms with Crippen LogP contribution in [-0.4, -0.2) is 9.97 Å². The summed E-state index contributed by atoms with van der Waals surface area (Å²) in [6, 6.07) is 8.55. The molecule has 21 heavy (non-hydrogen) atoms. The third-order valence-electron chi connectivity index (χ3n) is 3.11. The minimum absolute atomic E-state index is 0.216. The fourth-order valence-corrected chi connectivity index (χ4v) is 3.27. The maximum atomic E-state index is 13.2. The zero-order chi connectivity index (χ0) is 14.8. The van der Waals surface area contributed by atoms with Crippen LogP contribution in [0.15, 0.2) is 30.3 Å². The Labute approximate surface area is 130 Å². The van der Waals surface area contributed by atoms with Crippen LogP contribution in [0.2, 0.25) is 5.28 Å². The smallest absolute Gasteiger partial charge is 0.225 e. The second-order valence-corrected chi connectivity index (χ2v) is 6.06. The molecule has 0 radical (unpaired) electrons. The molecule has 3 rings (SSSR count). The average molecular weight is 322 g/mol. The molecule has 6 heteroatoms. The van der Waals surface area contributed by atoms with Gasteiger partial charge in [0.25, 0.3) is 0 Å². The fourth-order valence-electron chi connectivity index (χ4n) is 2.09. The van der Waals surface area contributed by atoms with Crippen LogP contribution in [0.3, 0.4) is 0 Å². The van der Waals surface area contributed by atoms with Crippen molar-refractivity contribution in [2.45, 2.75) is 19.9 Å². The van der Waals surface area contributed by atoms with Crippen molar-refractivity contribution in [2.75, 3.05) is 5.32 Å². The van der Waals surface area contributed by atoms with Gasteiger partial charge < -0.3 is 5.32 Å². The van der Waals surface area contributed by atoms with Gasteiger partial charge in [-0.05, 0) is 41.8 Å². The molecule has 0 fully saturated rings. The van der Waals surface area contributed by atoms with E-state index in [-0.39, 0.29) is 11.1 Å². The van der Waals surface area contributed by atoms with E-state index in [1.807, 2.05) is 6.07 Å². The lowest BCUT2D eigenvalue weighted by Gasteiger charge is -2.07. The number of halogens is 2. The summed E-state index contributed by atoms with van der Waals surface area (Å²) >= 11 is 7.58. The minimum atomic E-state index is -0.246. The Kier molecular flexibility index (Phi) is 4.03. The first-order valence-electron chi connectivity index (χ1n) is 6.60. The van der Waals surface area contributed by atoms with Gasteiger partial charge in [0.2, 0.25) is 5.28 Å². The number of fused-ring (bicyclic) bond motifs is 1. The Morgan fingerprint density at radius 2 is 2.14 bits per heavy atom. The summed E-state index contributed by atoms with van der Waals surface area (Å²) in [7, 11) is 0. The quantitative estimate of drug-likeness (QED) is 0.710. The standard InChI is InChI=1S/C15H13ClFN3S/c1-2-11-7-12-13(19-15(16)20-14(12)21-11)18-8-9-4-3-5-10(17)6-9/h3-7H,2,8H2,1H3,(H,18,19,20). The number of nitrogens with zero attached hydrogens (tertiary/aromatic N) is 2. The molecule has 0 spiro atoms. The Morgan fingerprint density at radius 1 is 1.29 bits per heavy atom. The fraction of sp³-hybridized carbons (Fsp3) is 0.200. The summed E-state index contributed by atoms with van der Waals surface area (Å²) in [5.74, 6) is 0.439. The number of hydrogen-bond donors (Lipinski definition) is 1. The van der Waals surface area contributed by atoms with Crippen LogP contribution >= 0.6 is 22.9 Å². The van der Waals surface area contributed by atoms with Gasteiger partial charge in [-0.15, -0.1) is 11.3 Å². The number of aryl methyl sites for hydroxylation is 1. The second-order valence-electron chi connectivity index (χ2n) is 4.61. The highest BCUT2D eigenvalue weighted by molar-refractivity contribution is 7.18. The van der Waals surface area contributed by atoms with E-state index in [4.69, 9.17) is 11.6 Å². The highest BCUT2D eigenvalue weighted by Crippen LogP contribution is 2.30. The molecule has 2 heterocycles. The summed E-state index contributed by atoms with van der Waals surface area (Å²) in [4.78, 5) is 10.6. The molecule has 1 aromatic carbocycles. The first-order chi connectivity index (χ1) is 10.2. The number of hydrogen-bond acceptors (Lipinski definition) is 4. The minimum Gasteiger partial charge on any atom is -0.365 e. The third-order valence-corrected chi connectivity index (χ3v) is 4.46. The van der Waals surface area contributed by atoms with Crippen LogP contribution in [0, 0.1) is 5.82 Å². The van der Waals surface area contributed by atoms with Crippen LogP contribution in [-0.2, 0) is 13.0 Å². The molecule has 3 aromatic rings. The van der Waals surface area contributed by atoms with E-state index in [9.17, 15) is 4.39 Å². The van der Waals surface area contributed by atoms with Gasteiger partial charge in [-0.25, -0.2) is 14.4 Å². The molecule has 3 nitrogen and oxygen atoms in total. The van der Waals surface area contributed by atoms with Crippen LogP contribution < -0.4 is 5.32 Å². The average Bonchev–Trinajstić information content (AvgIpc) is 2.87. The van der Waals surface area contributed by atoms with Crippen LogP contribution in [0.25, 0.3) is 10.2 Å². The van der Waals surface area contributed by atoms with Crippen LogP contribution in [0.5, 0.6) is 0 Å². The predicted octanol–water partition coefficient (Wildman–Crippen LogP) is 4.66. The zero-order valence-electron chi connectivity index (χ0n) is 11.4. The summed E-state index contributed by atoms with van der Waals surface area (Å²) in [6.45, 7) is 2.58. The molecule has 0 saturated heterocycles. The van der Waals surface area contributed by atoms with E-state index in [1.165, 1.54) is 17.0 Å². The lowest BCUT2D eigenvalue weighted by Crippen LogP contribution is -2.02. The first-order valence-corrected chi connectivity index (χ1v) is 7.79. The lowest BCUT2D eigenvalue weighted by molar-refractivity contribution is 0.626. The van der Waals surface area contributed by atoms with E-state index >= 15 is 0 Å². The predicted molar refractivity (Wildman–Crippen MR) is 85.5 cm³/mol. The lowest BCUT2D eigenvalue weighted by atomic mass is 10.2. The maximum absolute atomic E-state index is 13.2. The van der Waals surface area contributed by atoms with Gasteiger partial charge in [0, 0.05) is 11.4 Å². The van der Waals surface area contributed by atoms with E-state index < -0.39 is 0 Å². The highest BCUT2D eigenvalue weighted by atomic mass is 35.5. The number of benzene rings is 1. The molecule has 0 aliphatic carbocycles. The molecule has 0 atom stereocenters. The van der Waals surface area contributed by atoms with Crippen LogP contribution in [0.4, 0.5) is 10.2 Å². The van der Waals surface area contributed by atoms with Crippen molar-refractivity contribution >= 4 is 39.0 Å². The summed E-state index contributed by atoms with van der Waals surface area (Å²) in [6.07, 6.45) is 0.946. The van der Waals surface area contributed by atoms with Crippen molar-refractivity contribution in [3.05, 3.63) is 51.9 Å². The van der Waals surface area contributed by atoms with Gasteiger partial charge in [0.1, 0.15) is 16.5 Å². The van der Waals surface area contributed by atoms with Gasteiger partial charge >= 0.3 is 0 Å². The molecule has 0 unspecified atom stereocenters. The van der Waals surface area contributed by atoms with Crippen molar-refractivity contribution in [3.63, 3.8) is 0 Å². The summed E-state index contributed by atoms with van der Waals surface area (Å²) < 4.78 is 13.2. The van der Waals surface area contributed by atoms with Gasteiger partial charge in [0.05, 0.1) is 5.39 Å². The van der Waals surface area contributed by atoms with E-state index in [2.05, 4.69) is 28.3 Å². The monoisotopic (exact) mass is 321 g/mol. The van der Waals surface area contributed by atoms with Crippen molar-refractivity contribution in [3.8, 4) is 0 Å². The number of rotatable bonds is 4. The molecule has 0 aliphatic heterocycles. The molecule has 0 amide bonds. The molecular formula is C15H13ClFN3S. The Bertz CT molecular complexity index is 788. The normalized spacial score (nSPS) is 11.0. The van der Waals surface area contributed by atoms with Crippen LogP contribution in [0.1, 0.15) is 17.4 Å². The van der Waals surface area contributed by atoms with E-state index in [0.29, 0.717) is 12.4 Å². The number of thiophene rings is 1. The molecule has 0 bridgehead atoms. The maximum Gasteiger partial charge on any atom is 0.225 e. The topological polar surface area (TPSA) is 37.8 Å². The largest absolute Gasteiger partial charge is 0.365 e. The van der Waals surface area contributed by atoms with Crippen molar-refractivity contribution in [1.82, 2.24) is 9.97 Å². The molecule has 0 aliphatic rings. The van der Waals surface area contributed by atoms with Crippen molar-refractivity contribution in [2.24, 2.45) is 0 Å². The molecule has 2 aromatic heterocycles. The van der Waals surface area contributed by atoms with Gasteiger partial charge in [-0.3, -0.25) is 0 Å². The number of nitrogens with one attached hydrogen (secondary N) is 1.